The molecular weight excluding hydrogens is 196 g/mol. The first-order valence-electron chi connectivity index (χ1n) is 5.63. The topological polar surface area (TPSA) is 36.9 Å². The molecule has 15 heavy (non-hydrogen) atoms. The number of rotatable bonds is 10. The minimum atomic E-state index is -0.267. The maximum absolute atomic E-state index is 5.51. The Morgan fingerprint density at radius 3 is 2.13 bits per heavy atom. The number of hydrogen-bond donors (Lipinski definition) is 0. The molecule has 0 aliphatic carbocycles. The summed E-state index contributed by atoms with van der Waals surface area (Å²) in [7, 11) is 0. The van der Waals surface area contributed by atoms with Crippen LogP contribution in [0.15, 0.2) is 0 Å². The summed E-state index contributed by atoms with van der Waals surface area (Å²) in [5, 5.41) is 0. The number of hydrogen-bond acceptors (Lipinski definition) is 4. The zero-order chi connectivity index (χ0) is 11.5. The molecule has 1 atom stereocenters. The quantitative estimate of drug-likeness (QED) is 0.416. The van der Waals surface area contributed by atoms with Crippen molar-refractivity contribution in [1.29, 1.82) is 0 Å². The van der Waals surface area contributed by atoms with Gasteiger partial charge in [-0.3, -0.25) is 0 Å². The average Bonchev–Trinajstić information content (AvgIpc) is 2.17. The molecule has 1 unspecified atom stereocenters. The van der Waals surface area contributed by atoms with Crippen molar-refractivity contribution in [1.82, 2.24) is 0 Å². The predicted molar refractivity (Wildman–Crippen MR) is 58.9 cm³/mol. The molecule has 0 fully saturated rings. The van der Waals surface area contributed by atoms with Gasteiger partial charge >= 0.3 is 0 Å². The predicted octanol–water partition coefficient (Wildman–Crippen LogP) is 1.83. The zero-order valence-electron chi connectivity index (χ0n) is 10.3. The largest absolute Gasteiger partial charge is 0.379 e. The van der Waals surface area contributed by atoms with Gasteiger partial charge in [0.15, 0.2) is 6.29 Å². The molecule has 0 saturated heterocycles. The summed E-state index contributed by atoms with van der Waals surface area (Å²) in [6.45, 7) is 10.9. The first kappa shape index (κ1) is 14.8. The summed E-state index contributed by atoms with van der Waals surface area (Å²) in [5.74, 6) is 0. The molecule has 0 rings (SSSR count). The van der Waals surface area contributed by atoms with E-state index in [1.807, 2.05) is 27.7 Å². The van der Waals surface area contributed by atoms with Gasteiger partial charge in [-0.25, -0.2) is 0 Å². The molecule has 0 aliphatic rings. The van der Waals surface area contributed by atoms with Crippen LogP contribution in [0.5, 0.6) is 0 Å². The van der Waals surface area contributed by atoms with E-state index < -0.39 is 0 Å². The minimum Gasteiger partial charge on any atom is -0.379 e. The van der Waals surface area contributed by atoms with E-state index >= 15 is 0 Å². The van der Waals surface area contributed by atoms with Crippen LogP contribution in [0.3, 0.4) is 0 Å². The lowest BCUT2D eigenvalue weighted by atomic mass is 10.5. The Morgan fingerprint density at radius 1 is 0.933 bits per heavy atom. The van der Waals surface area contributed by atoms with Crippen LogP contribution in [0.1, 0.15) is 27.7 Å². The van der Waals surface area contributed by atoms with Gasteiger partial charge in [0, 0.05) is 13.2 Å². The molecule has 4 nitrogen and oxygen atoms in total. The Morgan fingerprint density at radius 2 is 1.60 bits per heavy atom. The Labute approximate surface area is 92.8 Å². The summed E-state index contributed by atoms with van der Waals surface area (Å²) < 4.78 is 21.4. The van der Waals surface area contributed by atoms with E-state index in [0.717, 1.165) is 6.61 Å². The van der Waals surface area contributed by atoms with E-state index in [-0.39, 0.29) is 12.4 Å². The first-order valence-corrected chi connectivity index (χ1v) is 5.63. The van der Waals surface area contributed by atoms with Crippen molar-refractivity contribution in [3.8, 4) is 0 Å². The molecule has 0 spiro atoms. The van der Waals surface area contributed by atoms with Crippen LogP contribution >= 0.6 is 0 Å². The highest BCUT2D eigenvalue weighted by molar-refractivity contribution is 4.46. The summed E-state index contributed by atoms with van der Waals surface area (Å²) in [6, 6.07) is 0. The van der Waals surface area contributed by atoms with Crippen LogP contribution < -0.4 is 0 Å². The monoisotopic (exact) mass is 220 g/mol. The van der Waals surface area contributed by atoms with Gasteiger partial charge in [0.2, 0.25) is 0 Å². The van der Waals surface area contributed by atoms with Crippen LogP contribution in [0.25, 0.3) is 0 Å². The average molecular weight is 220 g/mol. The Bertz CT molecular complexity index is 128. The fraction of sp³-hybridized carbons (Fsp3) is 1.00. The van der Waals surface area contributed by atoms with E-state index in [9.17, 15) is 0 Å². The van der Waals surface area contributed by atoms with Gasteiger partial charge in [0.05, 0.1) is 25.9 Å². The van der Waals surface area contributed by atoms with E-state index in [1.54, 1.807) is 0 Å². The standard InChI is InChI=1S/C11H24O4/c1-5-12-7-8-13-9-11(14-6-2)15-10(3)4/h10-11H,5-9H2,1-4H3. The maximum atomic E-state index is 5.51. The fourth-order valence-electron chi connectivity index (χ4n) is 1.06. The van der Waals surface area contributed by atoms with Crippen LogP contribution in [0, 0.1) is 0 Å². The Kier molecular flexibility index (Phi) is 10.3. The van der Waals surface area contributed by atoms with Crippen molar-refractivity contribution in [2.75, 3.05) is 33.0 Å². The van der Waals surface area contributed by atoms with E-state index in [0.29, 0.717) is 26.4 Å². The van der Waals surface area contributed by atoms with Gasteiger partial charge in [-0.2, -0.15) is 0 Å². The third-order valence-electron chi connectivity index (χ3n) is 1.61. The Balaban J connectivity index is 3.47. The van der Waals surface area contributed by atoms with Gasteiger partial charge < -0.3 is 18.9 Å². The molecule has 0 bridgehead atoms. The van der Waals surface area contributed by atoms with Gasteiger partial charge in [-0.15, -0.1) is 0 Å². The SMILES string of the molecule is CCOCCOCC(OCC)OC(C)C. The summed E-state index contributed by atoms with van der Waals surface area (Å²) in [4.78, 5) is 0. The van der Waals surface area contributed by atoms with Crippen molar-refractivity contribution in [2.45, 2.75) is 40.1 Å². The van der Waals surface area contributed by atoms with Crippen molar-refractivity contribution < 1.29 is 18.9 Å². The molecule has 4 heteroatoms. The molecule has 0 N–H and O–H groups in total. The van der Waals surface area contributed by atoms with Crippen LogP contribution in [0.4, 0.5) is 0 Å². The van der Waals surface area contributed by atoms with Gasteiger partial charge in [-0.05, 0) is 27.7 Å². The normalized spacial score (nSPS) is 13.4. The van der Waals surface area contributed by atoms with Gasteiger partial charge in [-0.1, -0.05) is 0 Å². The molecule has 0 heterocycles. The second kappa shape index (κ2) is 10.4. The molecule has 0 aromatic carbocycles. The number of ether oxygens (including phenoxy) is 4. The molecule has 0 radical (unpaired) electrons. The molecule has 0 amide bonds. The van der Waals surface area contributed by atoms with Crippen molar-refractivity contribution in [3.05, 3.63) is 0 Å². The van der Waals surface area contributed by atoms with Crippen molar-refractivity contribution >= 4 is 0 Å². The minimum absolute atomic E-state index is 0.150. The molecule has 92 valence electrons. The smallest absolute Gasteiger partial charge is 0.181 e. The summed E-state index contributed by atoms with van der Waals surface area (Å²) in [5.41, 5.74) is 0. The lowest BCUT2D eigenvalue weighted by Crippen LogP contribution is -2.27. The van der Waals surface area contributed by atoms with E-state index in [1.165, 1.54) is 0 Å². The first-order chi connectivity index (χ1) is 7.20. The maximum Gasteiger partial charge on any atom is 0.181 e. The lowest BCUT2D eigenvalue weighted by molar-refractivity contribution is -0.188. The lowest BCUT2D eigenvalue weighted by Gasteiger charge is -2.20. The van der Waals surface area contributed by atoms with E-state index in [2.05, 4.69) is 0 Å². The van der Waals surface area contributed by atoms with Crippen LogP contribution in [-0.4, -0.2) is 45.4 Å². The van der Waals surface area contributed by atoms with Gasteiger partial charge in [0.1, 0.15) is 0 Å². The molecule has 0 aromatic heterocycles. The van der Waals surface area contributed by atoms with Crippen molar-refractivity contribution in [2.24, 2.45) is 0 Å². The molecule has 0 aliphatic heterocycles. The highest BCUT2D eigenvalue weighted by atomic mass is 16.7. The van der Waals surface area contributed by atoms with Gasteiger partial charge in [0.25, 0.3) is 0 Å². The van der Waals surface area contributed by atoms with E-state index in [4.69, 9.17) is 18.9 Å². The highest BCUT2D eigenvalue weighted by Gasteiger charge is 2.10. The Hall–Kier alpha value is -0.160. The second-order valence-electron chi connectivity index (χ2n) is 3.34. The zero-order valence-corrected chi connectivity index (χ0v) is 10.3. The highest BCUT2D eigenvalue weighted by Crippen LogP contribution is 2.01. The molecular formula is C11H24O4. The molecule has 0 saturated carbocycles. The van der Waals surface area contributed by atoms with Crippen LogP contribution in [0.2, 0.25) is 0 Å². The van der Waals surface area contributed by atoms with Crippen LogP contribution in [-0.2, 0) is 18.9 Å². The molecule has 0 aromatic rings. The second-order valence-corrected chi connectivity index (χ2v) is 3.34. The van der Waals surface area contributed by atoms with Crippen molar-refractivity contribution in [3.63, 3.8) is 0 Å². The summed E-state index contributed by atoms with van der Waals surface area (Å²) in [6.07, 6.45) is -0.117. The third kappa shape index (κ3) is 10.1. The fourth-order valence-corrected chi connectivity index (χ4v) is 1.06. The third-order valence-corrected chi connectivity index (χ3v) is 1.61. The summed E-state index contributed by atoms with van der Waals surface area (Å²) >= 11 is 0.